The number of unbranched alkanes of at least 4 members (excludes halogenated alkanes) is 16. The van der Waals surface area contributed by atoms with E-state index < -0.39 is 26.5 Å². The fourth-order valence-electron chi connectivity index (χ4n) is 5.00. The van der Waals surface area contributed by atoms with Crippen LogP contribution in [0.25, 0.3) is 0 Å². The number of phosphoric ester groups is 1. The van der Waals surface area contributed by atoms with Crippen molar-refractivity contribution in [2.24, 2.45) is 5.73 Å². The summed E-state index contributed by atoms with van der Waals surface area (Å²) in [6.45, 7) is 3.58. The van der Waals surface area contributed by atoms with E-state index in [4.69, 9.17) is 24.3 Å². The number of nitrogens with two attached hydrogens (primary N) is 1. The van der Waals surface area contributed by atoms with Gasteiger partial charge in [0.15, 0.2) is 6.10 Å². The molecule has 0 fully saturated rings. The van der Waals surface area contributed by atoms with Crippen LogP contribution in [-0.2, 0) is 32.7 Å². The van der Waals surface area contributed by atoms with E-state index in [0.717, 1.165) is 70.6 Å². The first-order chi connectivity index (χ1) is 23.3. The highest BCUT2D eigenvalue weighted by Crippen LogP contribution is 2.43. The Balaban J connectivity index is 4.25. The molecule has 3 N–H and O–H groups in total. The van der Waals surface area contributed by atoms with Crippen molar-refractivity contribution in [2.75, 3.05) is 26.4 Å². The van der Waals surface area contributed by atoms with Gasteiger partial charge in [0, 0.05) is 19.4 Å². The average Bonchev–Trinajstić information content (AvgIpc) is 3.07. The molecule has 0 saturated heterocycles. The lowest BCUT2D eigenvalue weighted by molar-refractivity contribution is -0.161. The van der Waals surface area contributed by atoms with Crippen molar-refractivity contribution >= 4 is 19.8 Å². The monoisotopic (exact) mass is 699 g/mol. The first-order valence-electron chi connectivity index (χ1n) is 19.0. The van der Waals surface area contributed by atoms with Gasteiger partial charge in [0.1, 0.15) is 6.61 Å². The van der Waals surface area contributed by atoms with E-state index in [1.807, 2.05) is 0 Å². The summed E-state index contributed by atoms with van der Waals surface area (Å²) in [7, 11) is -4.37. The van der Waals surface area contributed by atoms with Gasteiger partial charge < -0.3 is 20.1 Å². The number of ether oxygens (including phenoxy) is 2. The largest absolute Gasteiger partial charge is 0.472 e. The minimum absolute atomic E-state index is 0.0504. The summed E-state index contributed by atoms with van der Waals surface area (Å²) in [5.74, 6) is -0.849. The highest BCUT2D eigenvalue weighted by Gasteiger charge is 2.25. The van der Waals surface area contributed by atoms with Crippen LogP contribution < -0.4 is 5.73 Å². The predicted octanol–water partition coefficient (Wildman–Crippen LogP) is 10.2. The predicted molar refractivity (Wildman–Crippen MR) is 197 cm³/mol. The molecule has 1 unspecified atom stereocenters. The van der Waals surface area contributed by atoms with Gasteiger partial charge in [-0.15, -0.1) is 0 Å². The number of esters is 2. The molecule has 9 nitrogen and oxygen atoms in total. The van der Waals surface area contributed by atoms with Crippen LogP contribution in [0.3, 0.4) is 0 Å². The normalized spacial score (nSPS) is 13.8. The Hall–Kier alpha value is -1.77. The molecular formula is C38H70NO8P. The molecule has 0 aliphatic rings. The lowest BCUT2D eigenvalue weighted by Crippen LogP contribution is -2.29. The summed E-state index contributed by atoms with van der Waals surface area (Å²) in [5, 5.41) is 0. The third-order valence-corrected chi connectivity index (χ3v) is 8.77. The molecule has 0 spiro atoms. The molecule has 0 bridgehead atoms. The highest BCUT2D eigenvalue weighted by atomic mass is 31.2. The van der Waals surface area contributed by atoms with E-state index in [1.165, 1.54) is 57.8 Å². The highest BCUT2D eigenvalue weighted by molar-refractivity contribution is 7.47. The molecular weight excluding hydrogens is 629 g/mol. The number of rotatable bonds is 35. The molecule has 0 aromatic carbocycles. The van der Waals surface area contributed by atoms with Gasteiger partial charge in [-0.05, 0) is 44.9 Å². The molecule has 48 heavy (non-hydrogen) atoms. The summed E-state index contributed by atoms with van der Waals surface area (Å²) < 4.78 is 32.6. The second-order valence-electron chi connectivity index (χ2n) is 12.4. The smallest absolute Gasteiger partial charge is 0.462 e. The molecule has 0 aromatic rings. The van der Waals surface area contributed by atoms with Crippen molar-refractivity contribution in [1.29, 1.82) is 0 Å². The summed E-state index contributed by atoms with van der Waals surface area (Å²) >= 11 is 0. The Bertz CT molecular complexity index is 892. The van der Waals surface area contributed by atoms with E-state index in [2.05, 4.69) is 50.3 Å². The fourth-order valence-corrected chi connectivity index (χ4v) is 5.77. The minimum Gasteiger partial charge on any atom is -0.462 e. The maximum Gasteiger partial charge on any atom is 0.472 e. The second-order valence-corrected chi connectivity index (χ2v) is 13.9. The third kappa shape index (κ3) is 34.1. The first kappa shape index (κ1) is 46.2. The summed E-state index contributed by atoms with van der Waals surface area (Å²) in [6, 6.07) is 0. The van der Waals surface area contributed by atoms with Gasteiger partial charge in [-0.2, -0.15) is 0 Å². The molecule has 10 heteroatoms. The zero-order valence-electron chi connectivity index (χ0n) is 30.5. The Labute approximate surface area is 293 Å². The lowest BCUT2D eigenvalue weighted by Gasteiger charge is -2.19. The summed E-state index contributed by atoms with van der Waals surface area (Å²) in [5.41, 5.74) is 5.33. The summed E-state index contributed by atoms with van der Waals surface area (Å²) in [6.07, 6.45) is 36.0. The van der Waals surface area contributed by atoms with E-state index in [0.29, 0.717) is 6.42 Å². The number of carbonyl (C=O) groups is 2. The molecule has 0 aromatic heterocycles. The van der Waals surface area contributed by atoms with Crippen molar-refractivity contribution in [2.45, 2.75) is 168 Å². The molecule has 0 aliphatic heterocycles. The van der Waals surface area contributed by atoms with Gasteiger partial charge in [0.25, 0.3) is 0 Å². The van der Waals surface area contributed by atoms with Gasteiger partial charge in [-0.3, -0.25) is 18.6 Å². The lowest BCUT2D eigenvalue weighted by atomic mass is 10.0. The van der Waals surface area contributed by atoms with E-state index in [-0.39, 0.29) is 38.6 Å². The van der Waals surface area contributed by atoms with Crippen LogP contribution in [-0.4, -0.2) is 49.3 Å². The molecule has 0 aliphatic carbocycles. The van der Waals surface area contributed by atoms with Crippen LogP contribution in [0.5, 0.6) is 0 Å². The molecule has 0 heterocycles. The van der Waals surface area contributed by atoms with E-state index in [1.54, 1.807) is 0 Å². The zero-order valence-corrected chi connectivity index (χ0v) is 31.4. The number of hydrogen-bond acceptors (Lipinski definition) is 8. The number of hydrogen-bond donors (Lipinski definition) is 2. The maximum absolute atomic E-state index is 12.5. The van der Waals surface area contributed by atoms with Crippen LogP contribution >= 0.6 is 7.82 Å². The average molecular weight is 700 g/mol. The number of carbonyl (C=O) groups excluding carboxylic acids is 2. The SMILES string of the molecule is CC/C=C\C/C=C\C/C=C\CCCCCCCC(=O)O[C@H](COC(=O)CCCCCCCCCCCCCC)COP(=O)(O)OCCN. The molecule has 0 amide bonds. The van der Waals surface area contributed by atoms with Crippen LogP contribution in [0.1, 0.15) is 162 Å². The molecule has 0 radical (unpaired) electrons. The van der Waals surface area contributed by atoms with Crippen molar-refractivity contribution in [3.05, 3.63) is 36.5 Å². The third-order valence-electron chi connectivity index (χ3n) is 7.79. The first-order valence-corrected chi connectivity index (χ1v) is 20.5. The number of allylic oxidation sites excluding steroid dienone is 6. The van der Waals surface area contributed by atoms with Crippen molar-refractivity contribution in [3.63, 3.8) is 0 Å². The zero-order chi connectivity index (χ0) is 35.4. The Morgan fingerprint density at radius 2 is 1.15 bits per heavy atom. The summed E-state index contributed by atoms with van der Waals surface area (Å²) in [4.78, 5) is 34.7. The van der Waals surface area contributed by atoms with Gasteiger partial charge in [0.2, 0.25) is 0 Å². The quantitative estimate of drug-likeness (QED) is 0.0287. The van der Waals surface area contributed by atoms with E-state index >= 15 is 0 Å². The molecule has 0 saturated carbocycles. The van der Waals surface area contributed by atoms with Gasteiger partial charge in [0.05, 0.1) is 13.2 Å². The van der Waals surface area contributed by atoms with Gasteiger partial charge >= 0.3 is 19.8 Å². The van der Waals surface area contributed by atoms with Crippen molar-refractivity contribution < 1.29 is 37.6 Å². The molecule has 0 rings (SSSR count). The minimum atomic E-state index is -4.37. The topological polar surface area (TPSA) is 134 Å². The standard InChI is InChI=1S/C38H70NO8P/c1-3-5-7-9-11-13-15-17-18-19-21-23-25-27-29-31-38(41)47-36(35-46-48(42,43)45-33-32-39)34-44-37(40)30-28-26-24-22-20-16-14-12-10-8-6-4-2/h5,7,11,13,17-18,36H,3-4,6,8-10,12,14-16,19-35,39H2,1-2H3,(H,42,43)/b7-5-,13-11-,18-17-/t36-/m1/s1. The van der Waals surface area contributed by atoms with Crippen LogP contribution in [0, 0.1) is 0 Å². The van der Waals surface area contributed by atoms with Gasteiger partial charge in [-0.25, -0.2) is 4.57 Å². The van der Waals surface area contributed by atoms with Gasteiger partial charge in [-0.1, -0.05) is 140 Å². The van der Waals surface area contributed by atoms with Crippen LogP contribution in [0.15, 0.2) is 36.5 Å². The fraction of sp³-hybridized carbons (Fsp3) is 0.789. The van der Waals surface area contributed by atoms with Crippen molar-refractivity contribution in [3.8, 4) is 0 Å². The molecule has 2 atom stereocenters. The second kappa shape index (κ2) is 35.1. The maximum atomic E-state index is 12.5. The Morgan fingerprint density at radius 1 is 0.646 bits per heavy atom. The van der Waals surface area contributed by atoms with Crippen LogP contribution in [0.4, 0.5) is 0 Å². The Kier molecular flexibility index (Phi) is 33.8. The van der Waals surface area contributed by atoms with Crippen molar-refractivity contribution in [1.82, 2.24) is 0 Å². The Morgan fingerprint density at radius 3 is 1.71 bits per heavy atom. The van der Waals surface area contributed by atoms with Crippen LogP contribution in [0.2, 0.25) is 0 Å². The van der Waals surface area contributed by atoms with E-state index in [9.17, 15) is 19.0 Å². The molecule has 280 valence electrons. The number of phosphoric acid groups is 1.